The second-order valence-corrected chi connectivity index (χ2v) is 6.10. The zero-order chi connectivity index (χ0) is 14.8. The molecular weight excluding hydrogens is 354 g/mol. The number of rotatable bonds is 4. The van der Waals surface area contributed by atoms with Crippen LogP contribution in [0.3, 0.4) is 0 Å². The molecule has 5 nitrogen and oxygen atoms in total. The van der Waals surface area contributed by atoms with Crippen molar-refractivity contribution in [2.45, 2.75) is 6.54 Å². The summed E-state index contributed by atoms with van der Waals surface area (Å²) in [4.78, 5) is 16.0. The van der Waals surface area contributed by atoms with Crippen molar-refractivity contribution in [3.8, 4) is 10.7 Å². The Morgan fingerprint density at radius 3 is 2.90 bits per heavy atom. The molecule has 2 aromatic heterocycles. The highest BCUT2D eigenvalue weighted by atomic mass is 79.9. The van der Waals surface area contributed by atoms with Crippen molar-refractivity contribution in [3.63, 3.8) is 0 Å². The fourth-order valence-electron chi connectivity index (χ4n) is 2.08. The summed E-state index contributed by atoms with van der Waals surface area (Å²) >= 11 is 4.94. The summed E-state index contributed by atoms with van der Waals surface area (Å²) in [6.07, 6.45) is 3.61. The van der Waals surface area contributed by atoms with Crippen LogP contribution in [-0.4, -0.2) is 14.5 Å². The van der Waals surface area contributed by atoms with Crippen molar-refractivity contribution in [2.75, 3.05) is 0 Å². The van der Waals surface area contributed by atoms with Crippen molar-refractivity contribution in [2.24, 2.45) is 0 Å². The minimum atomic E-state index is -0.387. The van der Waals surface area contributed by atoms with Crippen LogP contribution in [0, 0.1) is 10.1 Å². The molecule has 0 aliphatic heterocycles. The molecule has 3 aromatic rings. The number of benzene rings is 1. The lowest BCUT2D eigenvalue weighted by Gasteiger charge is -2.08. The quantitative estimate of drug-likeness (QED) is 0.511. The van der Waals surface area contributed by atoms with Gasteiger partial charge in [0, 0.05) is 18.5 Å². The summed E-state index contributed by atoms with van der Waals surface area (Å²) < 4.78 is 2.50. The van der Waals surface area contributed by atoms with E-state index in [0.717, 1.165) is 16.3 Å². The van der Waals surface area contributed by atoms with Gasteiger partial charge in [-0.15, -0.1) is 11.3 Å². The van der Waals surface area contributed by atoms with E-state index in [1.54, 1.807) is 23.6 Å². The highest BCUT2D eigenvalue weighted by Gasteiger charge is 2.16. The van der Waals surface area contributed by atoms with E-state index in [1.807, 2.05) is 34.3 Å². The molecule has 0 atom stereocenters. The van der Waals surface area contributed by atoms with Crippen molar-refractivity contribution in [3.05, 3.63) is 68.3 Å². The molecule has 0 amide bonds. The monoisotopic (exact) mass is 363 g/mol. The number of imidazole rings is 1. The van der Waals surface area contributed by atoms with Gasteiger partial charge in [-0.1, -0.05) is 18.2 Å². The molecule has 0 aliphatic carbocycles. The van der Waals surface area contributed by atoms with Gasteiger partial charge in [0.15, 0.2) is 0 Å². The van der Waals surface area contributed by atoms with Gasteiger partial charge in [-0.05, 0) is 32.9 Å². The molecule has 0 unspecified atom stereocenters. The van der Waals surface area contributed by atoms with Gasteiger partial charge in [0.1, 0.15) is 10.3 Å². The van der Waals surface area contributed by atoms with Crippen molar-refractivity contribution in [1.29, 1.82) is 0 Å². The average molecular weight is 364 g/mol. The van der Waals surface area contributed by atoms with Gasteiger partial charge >= 0.3 is 0 Å². The number of thiophene rings is 1. The molecule has 0 aliphatic rings. The Kier molecular flexibility index (Phi) is 3.85. The van der Waals surface area contributed by atoms with Crippen LogP contribution in [0.2, 0.25) is 0 Å². The van der Waals surface area contributed by atoms with E-state index in [4.69, 9.17) is 0 Å². The number of aromatic nitrogens is 2. The Labute approximate surface area is 133 Å². The SMILES string of the molecule is O=[N+]([O-])c1cccc(Cn2ccnc2-c2cccs2)c1Br. The summed E-state index contributed by atoms with van der Waals surface area (Å²) in [6, 6.07) is 9.03. The molecule has 0 radical (unpaired) electrons. The maximum absolute atomic E-state index is 11.0. The predicted octanol–water partition coefficient (Wildman–Crippen LogP) is 4.33. The second kappa shape index (κ2) is 5.79. The third-order valence-electron chi connectivity index (χ3n) is 3.05. The normalized spacial score (nSPS) is 10.7. The van der Waals surface area contributed by atoms with Crippen LogP contribution >= 0.6 is 27.3 Å². The summed E-state index contributed by atoms with van der Waals surface area (Å²) in [5.41, 5.74) is 0.922. The molecule has 0 saturated heterocycles. The van der Waals surface area contributed by atoms with Gasteiger partial charge in [0.05, 0.1) is 16.3 Å². The first-order valence-electron chi connectivity index (χ1n) is 6.13. The van der Waals surface area contributed by atoms with Crippen LogP contribution in [-0.2, 0) is 6.54 Å². The van der Waals surface area contributed by atoms with E-state index in [-0.39, 0.29) is 10.6 Å². The number of hydrogen-bond acceptors (Lipinski definition) is 4. The van der Waals surface area contributed by atoms with E-state index < -0.39 is 0 Å². The molecule has 0 spiro atoms. The molecule has 2 heterocycles. The van der Waals surface area contributed by atoms with Gasteiger partial charge in [0.2, 0.25) is 0 Å². The number of hydrogen-bond donors (Lipinski definition) is 0. The van der Waals surface area contributed by atoms with Crippen molar-refractivity contribution < 1.29 is 4.92 Å². The third kappa shape index (κ3) is 2.74. The van der Waals surface area contributed by atoms with Gasteiger partial charge in [0.25, 0.3) is 5.69 Å². The molecule has 106 valence electrons. The van der Waals surface area contributed by atoms with Gasteiger partial charge in [-0.25, -0.2) is 4.98 Å². The lowest BCUT2D eigenvalue weighted by molar-refractivity contribution is -0.385. The zero-order valence-corrected chi connectivity index (χ0v) is 13.2. The molecule has 3 rings (SSSR count). The Morgan fingerprint density at radius 1 is 1.33 bits per heavy atom. The Balaban J connectivity index is 1.97. The molecule has 1 aromatic carbocycles. The molecule has 7 heteroatoms. The van der Waals surface area contributed by atoms with E-state index in [9.17, 15) is 10.1 Å². The topological polar surface area (TPSA) is 61.0 Å². The minimum Gasteiger partial charge on any atom is -0.326 e. The van der Waals surface area contributed by atoms with Crippen LogP contribution in [0.15, 0.2) is 52.6 Å². The lowest BCUT2D eigenvalue weighted by atomic mass is 10.2. The number of nitro groups is 1. The maximum atomic E-state index is 11.0. The van der Waals surface area contributed by atoms with Crippen LogP contribution in [0.25, 0.3) is 10.7 Å². The van der Waals surface area contributed by atoms with E-state index in [0.29, 0.717) is 11.0 Å². The highest BCUT2D eigenvalue weighted by Crippen LogP contribution is 2.30. The Morgan fingerprint density at radius 2 is 2.19 bits per heavy atom. The second-order valence-electron chi connectivity index (χ2n) is 4.36. The number of nitrogens with zero attached hydrogens (tertiary/aromatic N) is 3. The Hall–Kier alpha value is -1.99. The van der Waals surface area contributed by atoms with E-state index in [2.05, 4.69) is 20.9 Å². The van der Waals surface area contributed by atoms with Crippen LogP contribution in [0.1, 0.15) is 5.56 Å². The van der Waals surface area contributed by atoms with Gasteiger partial charge in [-0.3, -0.25) is 10.1 Å². The molecule has 0 N–H and O–H groups in total. The first-order valence-corrected chi connectivity index (χ1v) is 7.81. The summed E-state index contributed by atoms with van der Waals surface area (Å²) in [5, 5.41) is 13.0. The van der Waals surface area contributed by atoms with Crippen LogP contribution in [0.4, 0.5) is 5.69 Å². The van der Waals surface area contributed by atoms with Crippen molar-refractivity contribution in [1.82, 2.24) is 9.55 Å². The predicted molar refractivity (Wildman–Crippen MR) is 85.4 cm³/mol. The molecule has 21 heavy (non-hydrogen) atoms. The van der Waals surface area contributed by atoms with Crippen LogP contribution < -0.4 is 0 Å². The van der Waals surface area contributed by atoms with Crippen LogP contribution in [0.5, 0.6) is 0 Å². The summed E-state index contributed by atoms with van der Waals surface area (Å²) in [5.74, 6) is 0.864. The summed E-state index contributed by atoms with van der Waals surface area (Å²) in [7, 11) is 0. The lowest BCUT2D eigenvalue weighted by Crippen LogP contribution is -2.02. The Bertz CT molecular complexity index is 783. The van der Waals surface area contributed by atoms with E-state index in [1.165, 1.54) is 6.07 Å². The number of nitro benzene ring substituents is 1. The smallest absolute Gasteiger partial charge is 0.283 e. The minimum absolute atomic E-state index is 0.0743. The fraction of sp³-hybridized carbons (Fsp3) is 0.0714. The first kappa shape index (κ1) is 14.0. The first-order chi connectivity index (χ1) is 10.2. The average Bonchev–Trinajstić information content (AvgIpc) is 3.11. The zero-order valence-electron chi connectivity index (χ0n) is 10.8. The van der Waals surface area contributed by atoms with Gasteiger partial charge in [-0.2, -0.15) is 0 Å². The fourth-order valence-corrected chi connectivity index (χ4v) is 3.35. The van der Waals surface area contributed by atoms with Crippen molar-refractivity contribution >= 4 is 33.0 Å². The number of halogens is 1. The molecular formula is C14H10BrN3O2S. The highest BCUT2D eigenvalue weighted by molar-refractivity contribution is 9.10. The molecule has 0 bridgehead atoms. The summed E-state index contributed by atoms with van der Waals surface area (Å²) in [6.45, 7) is 0.523. The van der Waals surface area contributed by atoms with E-state index >= 15 is 0 Å². The maximum Gasteiger partial charge on any atom is 0.283 e. The standard InChI is InChI=1S/C14H10BrN3O2S/c15-13-10(3-1-4-11(13)18(19)20)9-17-7-6-16-14(17)12-5-2-8-21-12/h1-8H,9H2. The molecule has 0 fully saturated rings. The molecule has 0 saturated carbocycles. The largest absolute Gasteiger partial charge is 0.326 e. The van der Waals surface area contributed by atoms with Gasteiger partial charge < -0.3 is 4.57 Å². The third-order valence-corrected chi connectivity index (χ3v) is 4.83.